The quantitative estimate of drug-likeness (QED) is 0.815. The summed E-state index contributed by atoms with van der Waals surface area (Å²) in [6.07, 6.45) is 6.78. The summed E-state index contributed by atoms with van der Waals surface area (Å²) in [5, 5.41) is 0. The second-order valence-corrected chi connectivity index (χ2v) is 5.13. The molecule has 2 rings (SSSR count). The monoisotopic (exact) mass is 278 g/mol. The maximum absolute atomic E-state index is 12.3. The van der Waals surface area contributed by atoms with Gasteiger partial charge in [0.2, 0.25) is 5.91 Å². The summed E-state index contributed by atoms with van der Waals surface area (Å²) < 4.78 is 7.41. The Bertz CT molecular complexity index is 472. The van der Waals surface area contributed by atoms with Gasteiger partial charge in [-0.25, -0.2) is 0 Å². The van der Waals surface area contributed by atoms with Gasteiger partial charge in [0, 0.05) is 44.2 Å². The van der Waals surface area contributed by atoms with Crippen LogP contribution in [-0.4, -0.2) is 41.2 Å². The maximum Gasteiger partial charge on any atom is 0.242 e. The first kappa shape index (κ1) is 14.8. The molecule has 0 radical (unpaired) electrons. The van der Waals surface area contributed by atoms with Crippen molar-refractivity contribution in [1.29, 1.82) is 0 Å². The van der Waals surface area contributed by atoms with Gasteiger partial charge in [0.05, 0.1) is 6.10 Å². The highest BCUT2D eigenvalue weighted by Crippen LogP contribution is 2.14. The first-order valence-corrected chi connectivity index (χ1v) is 7.24. The van der Waals surface area contributed by atoms with Crippen LogP contribution in [0.2, 0.25) is 0 Å². The van der Waals surface area contributed by atoms with Gasteiger partial charge >= 0.3 is 0 Å². The van der Waals surface area contributed by atoms with E-state index in [1.807, 2.05) is 11.8 Å². The highest BCUT2D eigenvalue weighted by atomic mass is 16.5. The van der Waals surface area contributed by atoms with Crippen LogP contribution in [0.25, 0.3) is 0 Å². The van der Waals surface area contributed by atoms with E-state index in [4.69, 9.17) is 4.74 Å². The molecule has 1 amide bonds. The van der Waals surface area contributed by atoms with Crippen LogP contribution >= 0.6 is 0 Å². The van der Waals surface area contributed by atoms with Crippen LogP contribution in [0.4, 0.5) is 0 Å². The first-order valence-electron chi connectivity index (χ1n) is 7.24. The molecule has 0 N–H and O–H groups in total. The Morgan fingerprint density at radius 2 is 2.15 bits per heavy atom. The number of hydrogen-bond acceptors (Lipinski definition) is 3. The Morgan fingerprint density at radius 1 is 1.40 bits per heavy atom. The molecule has 1 saturated heterocycles. The fraction of sp³-hybridized carbons (Fsp3) is 0.600. The molecular weight excluding hydrogens is 256 g/mol. The molecule has 0 bridgehead atoms. The molecule has 5 nitrogen and oxygen atoms in total. The molecule has 1 fully saturated rings. The third-order valence-electron chi connectivity index (χ3n) is 3.61. The predicted molar refractivity (Wildman–Crippen MR) is 76.5 cm³/mol. The van der Waals surface area contributed by atoms with E-state index in [2.05, 4.69) is 0 Å². The molecule has 1 aromatic heterocycles. The van der Waals surface area contributed by atoms with E-state index in [1.54, 1.807) is 17.0 Å². The first-order chi connectivity index (χ1) is 9.69. The molecule has 0 spiro atoms. The number of aromatic nitrogens is 1. The van der Waals surface area contributed by atoms with Crippen LogP contribution in [0.1, 0.15) is 26.2 Å². The molecule has 5 heteroatoms. The molecule has 1 unspecified atom stereocenters. The van der Waals surface area contributed by atoms with Crippen LogP contribution in [-0.2, 0) is 16.1 Å². The molecule has 20 heavy (non-hydrogen) atoms. The number of likely N-dealkylation sites (N-methyl/N-ethyl adjacent to an activating group) is 1. The van der Waals surface area contributed by atoms with Crippen molar-refractivity contribution in [3.8, 4) is 0 Å². The van der Waals surface area contributed by atoms with Gasteiger partial charge in [0.1, 0.15) is 6.54 Å². The topological polar surface area (TPSA) is 51.5 Å². The number of rotatable bonds is 5. The number of nitrogens with zero attached hydrogens (tertiary/aromatic N) is 2. The summed E-state index contributed by atoms with van der Waals surface area (Å²) in [5.41, 5.74) is -0.0448. The van der Waals surface area contributed by atoms with E-state index >= 15 is 0 Å². The number of hydrogen-bond donors (Lipinski definition) is 0. The number of ether oxygens (including phenoxy) is 1. The van der Waals surface area contributed by atoms with Gasteiger partial charge in [0.25, 0.3) is 0 Å². The van der Waals surface area contributed by atoms with Crippen LogP contribution in [0.3, 0.4) is 0 Å². The summed E-state index contributed by atoms with van der Waals surface area (Å²) in [6, 6.07) is 2.93. The van der Waals surface area contributed by atoms with Crippen molar-refractivity contribution in [2.24, 2.45) is 0 Å². The van der Waals surface area contributed by atoms with E-state index < -0.39 is 0 Å². The fourth-order valence-corrected chi connectivity index (χ4v) is 2.41. The highest BCUT2D eigenvalue weighted by Gasteiger charge is 2.20. The van der Waals surface area contributed by atoms with Gasteiger partial charge < -0.3 is 14.2 Å². The second-order valence-electron chi connectivity index (χ2n) is 5.13. The molecule has 1 atom stereocenters. The lowest BCUT2D eigenvalue weighted by molar-refractivity contribution is -0.134. The van der Waals surface area contributed by atoms with Crippen LogP contribution < -0.4 is 5.43 Å². The summed E-state index contributed by atoms with van der Waals surface area (Å²) in [4.78, 5) is 25.1. The average Bonchev–Trinajstić information content (AvgIpc) is 2.48. The van der Waals surface area contributed by atoms with Crippen LogP contribution in [0, 0.1) is 0 Å². The summed E-state index contributed by atoms with van der Waals surface area (Å²) in [6.45, 7) is 4.39. The SMILES string of the molecule is CCN(CC1CCCCO1)C(=O)Cn1ccc(=O)cc1. The van der Waals surface area contributed by atoms with E-state index in [9.17, 15) is 9.59 Å². The average molecular weight is 278 g/mol. The van der Waals surface area contributed by atoms with Gasteiger partial charge in [-0.15, -0.1) is 0 Å². The number of carbonyl (C=O) groups excluding carboxylic acids is 1. The molecule has 1 aromatic rings. The zero-order chi connectivity index (χ0) is 14.4. The Labute approximate surface area is 119 Å². The lowest BCUT2D eigenvalue weighted by Gasteiger charge is -2.29. The standard InChI is InChI=1S/C15H22N2O3/c1-2-17(11-14-5-3-4-10-20-14)15(19)12-16-8-6-13(18)7-9-16/h6-9,14H,2-5,10-12H2,1H3. The summed E-state index contributed by atoms with van der Waals surface area (Å²) in [5.74, 6) is 0.0605. The molecule has 0 aliphatic carbocycles. The van der Waals surface area contributed by atoms with Gasteiger partial charge in [-0.1, -0.05) is 0 Å². The normalized spacial score (nSPS) is 18.8. The number of amides is 1. The minimum absolute atomic E-state index is 0.0448. The van der Waals surface area contributed by atoms with E-state index in [1.165, 1.54) is 18.6 Å². The third kappa shape index (κ3) is 4.20. The van der Waals surface area contributed by atoms with Gasteiger partial charge in [-0.3, -0.25) is 9.59 Å². The smallest absolute Gasteiger partial charge is 0.242 e. The summed E-state index contributed by atoms with van der Waals surface area (Å²) >= 11 is 0. The van der Waals surface area contributed by atoms with E-state index in [-0.39, 0.29) is 24.0 Å². The minimum atomic E-state index is -0.0448. The van der Waals surface area contributed by atoms with Gasteiger partial charge in [0.15, 0.2) is 5.43 Å². The molecule has 2 heterocycles. The highest BCUT2D eigenvalue weighted by molar-refractivity contribution is 5.76. The van der Waals surface area contributed by atoms with Gasteiger partial charge in [-0.2, -0.15) is 0 Å². The maximum atomic E-state index is 12.3. The van der Waals surface area contributed by atoms with Crippen molar-refractivity contribution in [3.05, 3.63) is 34.7 Å². The Hall–Kier alpha value is -1.62. The zero-order valence-corrected chi connectivity index (χ0v) is 12.0. The van der Waals surface area contributed by atoms with E-state index in [0.29, 0.717) is 13.1 Å². The van der Waals surface area contributed by atoms with Gasteiger partial charge in [-0.05, 0) is 26.2 Å². The van der Waals surface area contributed by atoms with Crippen molar-refractivity contribution >= 4 is 5.91 Å². The molecule has 110 valence electrons. The number of carbonyl (C=O) groups is 1. The van der Waals surface area contributed by atoms with Crippen molar-refractivity contribution in [1.82, 2.24) is 9.47 Å². The Kier molecular flexibility index (Phi) is 5.35. The lowest BCUT2D eigenvalue weighted by atomic mass is 10.1. The predicted octanol–water partition coefficient (Wildman–Crippen LogP) is 1.27. The molecule has 1 aliphatic heterocycles. The molecular formula is C15H22N2O3. The fourth-order valence-electron chi connectivity index (χ4n) is 2.41. The van der Waals surface area contributed by atoms with Crippen molar-refractivity contribution in [2.75, 3.05) is 19.7 Å². The number of pyridine rings is 1. The van der Waals surface area contributed by atoms with Crippen molar-refractivity contribution < 1.29 is 9.53 Å². The third-order valence-corrected chi connectivity index (χ3v) is 3.61. The molecule has 0 aromatic carbocycles. The minimum Gasteiger partial charge on any atom is -0.376 e. The lowest BCUT2D eigenvalue weighted by Crippen LogP contribution is -2.41. The Balaban J connectivity index is 1.90. The summed E-state index contributed by atoms with van der Waals surface area (Å²) in [7, 11) is 0. The van der Waals surface area contributed by atoms with Crippen LogP contribution in [0.5, 0.6) is 0 Å². The second kappa shape index (κ2) is 7.24. The molecule has 1 aliphatic rings. The zero-order valence-electron chi connectivity index (χ0n) is 12.0. The van der Waals surface area contributed by atoms with Crippen LogP contribution in [0.15, 0.2) is 29.3 Å². The molecule has 0 saturated carbocycles. The van der Waals surface area contributed by atoms with Crippen molar-refractivity contribution in [2.45, 2.75) is 38.8 Å². The van der Waals surface area contributed by atoms with E-state index in [0.717, 1.165) is 19.4 Å². The Morgan fingerprint density at radius 3 is 2.75 bits per heavy atom. The van der Waals surface area contributed by atoms with Crippen molar-refractivity contribution in [3.63, 3.8) is 0 Å². The largest absolute Gasteiger partial charge is 0.376 e.